The first-order valence-corrected chi connectivity index (χ1v) is 8.16. The van der Waals surface area contributed by atoms with E-state index in [1.54, 1.807) is 7.11 Å². The van der Waals surface area contributed by atoms with Gasteiger partial charge in [0.15, 0.2) is 5.96 Å². The van der Waals surface area contributed by atoms with Crippen LogP contribution in [0.3, 0.4) is 0 Å². The van der Waals surface area contributed by atoms with E-state index in [0.717, 1.165) is 43.8 Å². The normalized spacial score (nSPS) is 14.1. The summed E-state index contributed by atoms with van der Waals surface area (Å²) in [5.74, 6) is 1.61. The molecule has 2 N–H and O–H groups in total. The Hall–Kier alpha value is -1.51. The first-order chi connectivity index (χ1) is 11.2. The van der Waals surface area contributed by atoms with Gasteiger partial charge in [0, 0.05) is 19.6 Å². The van der Waals surface area contributed by atoms with Gasteiger partial charge in [0.05, 0.1) is 20.2 Å². The Kier molecular flexibility index (Phi) is 9.51. The van der Waals surface area contributed by atoms with E-state index in [0.29, 0.717) is 12.5 Å². The third-order valence-electron chi connectivity index (χ3n) is 3.76. The molecule has 1 amide bonds. The number of benzene rings is 1. The predicted octanol–water partition coefficient (Wildman–Crippen LogP) is 1.99. The average molecular weight is 446 g/mol. The predicted molar refractivity (Wildman–Crippen MR) is 107 cm³/mol. The molecule has 1 saturated heterocycles. The maximum atomic E-state index is 12.1. The number of amides is 1. The van der Waals surface area contributed by atoms with E-state index in [9.17, 15) is 4.79 Å². The van der Waals surface area contributed by atoms with Crippen LogP contribution in [0, 0.1) is 0 Å². The molecule has 6 nitrogen and oxygen atoms in total. The number of nitrogens with zero attached hydrogens (tertiary/aromatic N) is 2. The summed E-state index contributed by atoms with van der Waals surface area (Å²) in [5, 5.41) is 6.28. The number of carbonyl (C=O) groups is 1. The molecule has 0 spiro atoms. The van der Waals surface area contributed by atoms with Gasteiger partial charge in [0.25, 0.3) is 0 Å². The van der Waals surface area contributed by atoms with Crippen LogP contribution in [0.5, 0.6) is 5.75 Å². The topological polar surface area (TPSA) is 66.0 Å². The lowest BCUT2D eigenvalue weighted by atomic mass is 10.2. The average Bonchev–Trinajstić information content (AvgIpc) is 3.12. The summed E-state index contributed by atoms with van der Waals surface area (Å²) < 4.78 is 5.22. The molecule has 1 aromatic carbocycles. The number of rotatable bonds is 6. The molecule has 0 aliphatic carbocycles. The quantitative estimate of drug-likeness (QED) is 0.399. The zero-order valence-electron chi connectivity index (χ0n) is 14.4. The Morgan fingerprint density at radius 1 is 1.29 bits per heavy atom. The molecule has 0 atom stereocenters. The minimum Gasteiger partial charge on any atom is -0.497 e. The molecule has 1 aliphatic heterocycles. The highest BCUT2D eigenvalue weighted by Gasteiger charge is 2.17. The highest BCUT2D eigenvalue weighted by atomic mass is 127. The van der Waals surface area contributed by atoms with Crippen molar-refractivity contribution >= 4 is 35.8 Å². The van der Waals surface area contributed by atoms with Crippen molar-refractivity contribution in [2.24, 2.45) is 4.99 Å². The number of ether oxygens (including phenoxy) is 1. The highest BCUT2D eigenvalue weighted by molar-refractivity contribution is 14.0. The number of methoxy groups -OCH3 is 1. The third-order valence-corrected chi connectivity index (χ3v) is 3.76. The second-order valence-corrected chi connectivity index (χ2v) is 5.49. The van der Waals surface area contributed by atoms with E-state index >= 15 is 0 Å². The smallest absolute Gasteiger partial charge is 0.241 e. The fourth-order valence-corrected chi connectivity index (χ4v) is 2.52. The molecule has 0 unspecified atom stereocenters. The minimum absolute atomic E-state index is 0. The van der Waals surface area contributed by atoms with Gasteiger partial charge in [0.2, 0.25) is 5.91 Å². The number of aliphatic imine (C=N–C) groups is 1. The Morgan fingerprint density at radius 3 is 2.71 bits per heavy atom. The van der Waals surface area contributed by atoms with Crippen LogP contribution in [0.15, 0.2) is 29.3 Å². The molecule has 134 valence electrons. The first kappa shape index (κ1) is 20.5. The van der Waals surface area contributed by atoms with E-state index in [1.807, 2.05) is 36.1 Å². The van der Waals surface area contributed by atoms with Gasteiger partial charge < -0.3 is 20.3 Å². The van der Waals surface area contributed by atoms with E-state index in [-0.39, 0.29) is 36.4 Å². The van der Waals surface area contributed by atoms with Crippen LogP contribution < -0.4 is 15.4 Å². The molecule has 24 heavy (non-hydrogen) atoms. The second-order valence-electron chi connectivity index (χ2n) is 5.49. The van der Waals surface area contributed by atoms with Crippen LogP contribution in [0.4, 0.5) is 0 Å². The monoisotopic (exact) mass is 446 g/mol. The van der Waals surface area contributed by atoms with Gasteiger partial charge in [-0.3, -0.25) is 4.79 Å². The second kappa shape index (κ2) is 11.1. The third kappa shape index (κ3) is 6.54. The van der Waals surface area contributed by atoms with Crippen molar-refractivity contribution in [3.05, 3.63) is 29.8 Å². The molecule has 0 saturated carbocycles. The van der Waals surface area contributed by atoms with Crippen molar-refractivity contribution in [3.63, 3.8) is 0 Å². The van der Waals surface area contributed by atoms with Crippen molar-refractivity contribution in [2.45, 2.75) is 26.3 Å². The van der Waals surface area contributed by atoms with E-state index < -0.39 is 0 Å². The Balaban J connectivity index is 0.00000288. The molecular weight excluding hydrogens is 419 g/mol. The van der Waals surface area contributed by atoms with Gasteiger partial charge in [0.1, 0.15) is 5.75 Å². The van der Waals surface area contributed by atoms with Gasteiger partial charge in [-0.05, 0) is 37.5 Å². The van der Waals surface area contributed by atoms with E-state index in [2.05, 4.69) is 15.6 Å². The van der Waals surface area contributed by atoms with Gasteiger partial charge in [-0.1, -0.05) is 12.1 Å². The van der Waals surface area contributed by atoms with Crippen molar-refractivity contribution in [1.29, 1.82) is 0 Å². The van der Waals surface area contributed by atoms with Crippen LogP contribution in [-0.2, 0) is 11.3 Å². The molecule has 1 heterocycles. The standard InChI is InChI=1S/C17H26N4O2.HI/c1-3-18-17(20-13-16(22)21-9-4-5-10-21)19-12-14-7-6-8-15(11-14)23-2;/h6-8,11H,3-5,9-10,12-13H2,1-2H3,(H2,18,19,20);1H. The van der Waals surface area contributed by atoms with Gasteiger partial charge >= 0.3 is 0 Å². The first-order valence-electron chi connectivity index (χ1n) is 8.16. The largest absolute Gasteiger partial charge is 0.497 e. The number of guanidine groups is 1. The summed E-state index contributed by atoms with van der Waals surface area (Å²) >= 11 is 0. The zero-order chi connectivity index (χ0) is 16.5. The SMILES string of the molecule is CCNC(=NCc1cccc(OC)c1)NCC(=O)N1CCCC1.I. The summed E-state index contributed by atoms with van der Waals surface area (Å²) in [6.07, 6.45) is 2.21. The maximum Gasteiger partial charge on any atom is 0.241 e. The fraction of sp³-hybridized carbons (Fsp3) is 0.529. The maximum absolute atomic E-state index is 12.1. The van der Waals surface area contributed by atoms with Crippen LogP contribution in [0.25, 0.3) is 0 Å². The van der Waals surface area contributed by atoms with Crippen molar-refractivity contribution in [1.82, 2.24) is 15.5 Å². The van der Waals surface area contributed by atoms with Crippen LogP contribution in [0.1, 0.15) is 25.3 Å². The lowest BCUT2D eigenvalue weighted by Crippen LogP contribution is -2.44. The Bertz CT molecular complexity index is 545. The highest BCUT2D eigenvalue weighted by Crippen LogP contribution is 2.13. The lowest BCUT2D eigenvalue weighted by Gasteiger charge is -2.17. The van der Waals surface area contributed by atoms with Gasteiger partial charge in [-0.2, -0.15) is 0 Å². The van der Waals surface area contributed by atoms with E-state index in [4.69, 9.17) is 4.74 Å². The summed E-state index contributed by atoms with van der Waals surface area (Å²) in [7, 11) is 1.65. The number of nitrogens with one attached hydrogen (secondary N) is 2. The Labute approximate surface area is 161 Å². The summed E-state index contributed by atoms with van der Waals surface area (Å²) in [6.45, 7) is 5.32. The molecule has 7 heteroatoms. The van der Waals surface area contributed by atoms with Gasteiger partial charge in [-0.15, -0.1) is 24.0 Å². The van der Waals surface area contributed by atoms with Crippen molar-refractivity contribution in [2.75, 3.05) is 33.3 Å². The molecule has 0 bridgehead atoms. The summed E-state index contributed by atoms with van der Waals surface area (Å²) in [4.78, 5) is 18.5. The number of carbonyl (C=O) groups excluding carboxylic acids is 1. The number of halogens is 1. The number of hydrogen-bond acceptors (Lipinski definition) is 3. The number of hydrogen-bond donors (Lipinski definition) is 2. The number of likely N-dealkylation sites (tertiary alicyclic amines) is 1. The van der Waals surface area contributed by atoms with Crippen LogP contribution in [-0.4, -0.2) is 50.1 Å². The molecule has 1 aliphatic rings. The summed E-state index contributed by atoms with van der Waals surface area (Å²) in [5.41, 5.74) is 1.06. The molecule has 1 aromatic rings. The fourth-order valence-electron chi connectivity index (χ4n) is 2.52. The van der Waals surface area contributed by atoms with Gasteiger partial charge in [-0.25, -0.2) is 4.99 Å². The zero-order valence-corrected chi connectivity index (χ0v) is 16.7. The van der Waals surface area contributed by atoms with E-state index in [1.165, 1.54) is 0 Å². The summed E-state index contributed by atoms with van der Waals surface area (Å²) in [6, 6.07) is 7.82. The molecular formula is C17H27IN4O2. The van der Waals surface area contributed by atoms with Crippen LogP contribution >= 0.6 is 24.0 Å². The lowest BCUT2D eigenvalue weighted by molar-refractivity contribution is -0.128. The molecule has 0 aromatic heterocycles. The van der Waals surface area contributed by atoms with Crippen molar-refractivity contribution in [3.8, 4) is 5.75 Å². The molecule has 0 radical (unpaired) electrons. The molecule has 2 rings (SSSR count). The van der Waals surface area contributed by atoms with Crippen molar-refractivity contribution < 1.29 is 9.53 Å². The Morgan fingerprint density at radius 2 is 2.04 bits per heavy atom. The minimum atomic E-state index is 0. The van der Waals surface area contributed by atoms with Crippen LogP contribution in [0.2, 0.25) is 0 Å². The molecule has 1 fully saturated rings.